The number of nitrogens with zero attached hydrogens (tertiary/aromatic N) is 2. The molecule has 6 heteroatoms. The summed E-state index contributed by atoms with van der Waals surface area (Å²) in [6.07, 6.45) is 4.44. The van der Waals surface area contributed by atoms with Crippen molar-refractivity contribution in [1.29, 1.82) is 0 Å². The molecule has 1 saturated carbocycles. The minimum atomic E-state index is -0.243. The van der Waals surface area contributed by atoms with E-state index in [1.54, 1.807) is 31.3 Å². The maximum atomic E-state index is 12.6. The summed E-state index contributed by atoms with van der Waals surface area (Å²) in [4.78, 5) is 40.4. The lowest BCUT2D eigenvalue weighted by molar-refractivity contribution is -0.124. The molecule has 0 radical (unpaired) electrons. The quantitative estimate of drug-likeness (QED) is 0.910. The fourth-order valence-electron chi connectivity index (χ4n) is 3.69. The average molecular weight is 343 g/mol. The SMILES string of the molecule is CC1CCCCC1NC(=O)CN1C(=O)CN(C)C(=O)c2ccccc21. The van der Waals surface area contributed by atoms with Crippen LogP contribution in [0.25, 0.3) is 0 Å². The fourth-order valence-corrected chi connectivity index (χ4v) is 3.69. The third-order valence-corrected chi connectivity index (χ3v) is 5.21. The van der Waals surface area contributed by atoms with Crippen molar-refractivity contribution < 1.29 is 14.4 Å². The third kappa shape index (κ3) is 3.67. The van der Waals surface area contributed by atoms with Crippen LogP contribution in [0.15, 0.2) is 24.3 Å². The van der Waals surface area contributed by atoms with Gasteiger partial charge in [-0.2, -0.15) is 0 Å². The van der Waals surface area contributed by atoms with Gasteiger partial charge in [-0.3, -0.25) is 14.4 Å². The molecule has 25 heavy (non-hydrogen) atoms. The van der Waals surface area contributed by atoms with Gasteiger partial charge in [-0.1, -0.05) is 31.9 Å². The van der Waals surface area contributed by atoms with Gasteiger partial charge in [-0.15, -0.1) is 0 Å². The molecule has 3 amide bonds. The van der Waals surface area contributed by atoms with Crippen LogP contribution in [0.1, 0.15) is 43.0 Å². The van der Waals surface area contributed by atoms with Gasteiger partial charge in [0.15, 0.2) is 0 Å². The highest BCUT2D eigenvalue weighted by molar-refractivity contribution is 6.11. The van der Waals surface area contributed by atoms with Gasteiger partial charge >= 0.3 is 0 Å². The molecule has 0 aromatic heterocycles. The number of likely N-dealkylation sites (N-methyl/N-ethyl adjacent to an activating group) is 1. The zero-order valence-corrected chi connectivity index (χ0v) is 14.8. The lowest BCUT2D eigenvalue weighted by Gasteiger charge is -2.30. The number of anilines is 1. The van der Waals surface area contributed by atoms with Gasteiger partial charge in [0.1, 0.15) is 13.1 Å². The first-order valence-electron chi connectivity index (χ1n) is 8.91. The number of rotatable bonds is 3. The highest BCUT2D eigenvalue weighted by atomic mass is 16.2. The number of hydrogen-bond donors (Lipinski definition) is 1. The molecule has 1 aliphatic heterocycles. The number of para-hydroxylation sites is 1. The van der Waals surface area contributed by atoms with Crippen LogP contribution in [0.4, 0.5) is 5.69 Å². The highest BCUT2D eigenvalue weighted by Gasteiger charge is 2.31. The topological polar surface area (TPSA) is 69.7 Å². The molecule has 134 valence electrons. The molecule has 2 aliphatic rings. The third-order valence-electron chi connectivity index (χ3n) is 5.21. The normalized spacial score (nSPS) is 23.9. The monoisotopic (exact) mass is 343 g/mol. The van der Waals surface area contributed by atoms with Crippen molar-refractivity contribution in [2.45, 2.75) is 38.6 Å². The fraction of sp³-hybridized carbons (Fsp3) is 0.526. The van der Waals surface area contributed by atoms with Gasteiger partial charge in [0.05, 0.1) is 11.3 Å². The molecular weight excluding hydrogens is 318 g/mol. The van der Waals surface area contributed by atoms with E-state index in [1.807, 2.05) is 0 Å². The van der Waals surface area contributed by atoms with Crippen molar-refractivity contribution in [3.63, 3.8) is 0 Å². The molecule has 1 aliphatic carbocycles. The molecular formula is C19H25N3O3. The standard InChI is InChI=1S/C19H25N3O3/c1-13-7-3-5-9-15(13)20-17(23)11-22-16-10-6-4-8-14(16)19(25)21(2)12-18(22)24/h4,6,8,10,13,15H,3,5,7,9,11-12H2,1-2H3,(H,20,23). The van der Waals surface area contributed by atoms with Crippen LogP contribution in [0.5, 0.6) is 0 Å². The number of carbonyl (C=O) groups is 3. The molecule has 1 aromatic rings. The number of hydrogen-bond acceptors (Lipinski definition) is 3. The molecule has 2 unspecified atom stereocenters. The van der Waals surface area contributed by atoms with Gasteiger partial charge in [0.2, 0.25) is 11.8 Å². The number of benzene rings is 1. The predicted molar refractivity (Wildman–Crippen MR) is 95.3 cm³/mol. The molecule has 2 atom stereocenters. The van der Waals surface area contributed by atoms with Crippen molar-refractivity contribution >= 4 is 23.4 Å². The Hall–Kier alpha value is -2.37. The van der Waals surface area contributed by atoms with Gasteiger partial charge in [-0.05, 0) is 30.9 Å². The Balaban J connectivity index is 1.78. The van der Waals surface area contributed by atoms with Gasteiger partial charge in [-0.25, -0.2) is 0 Å². The van der Waals surface area contributed by atoms with Crippen molar-refractivity contribution in [3.05, 3.63) is 29.8 Å². The van der Waals surface area contributed by atoms with E-state index in [4.69, 9.17) is 0 Å². The molecule has 1 heterocycles. The second-order valence-corrected chi connectivity index (χ2v) is 7.09. The van der Waals surface area contributed by atoms with Crippen LogP contribution < -0.4 is 10.2 Å². The lowest BCUT2D eigenvalue weighted by atomic mass is 9.86. The van der Waals surface area contributed by atoms with Crippen molar-refractivity contribution in [3.8, 4) is 0 Å². The van der Waals surface area contributed by atoms with E-state index < -0.39 is 0 Å². The maximum Gasteiger partial charge on any atom is 0.256 e. The van der Waals surface area contributed by atoms with Crippen molar-refractivity contribution in [2.75, 3.05) is 25.0 Å². The zero-order valence-electron chi connectivity index (χ0n) is 14.8. The first kappa shape index (κ1) is 17.5. The summed E-state index contributed by atoms with van der Waals surface area (Å²) in [7, 11) is 1.60. The molecule has 3 rings (SSSR count). The van der Waals surface area contributed by atoms with Gasteiger partial charge in [0.25, 0.3) is 5.91 Å². The Morgan fingerprint density at radius 1 is 1.20 bits per heavy atom. The molecule has 1 N–H and O–H groups in total. The van der Waals surface area contributed by atoms with Gasteiger partial charge < -0.3 is 15.1 Å². The van der Waals surface area contributed by atoms with E-state index in [0.717, 1.165) is 19.3 Å². The van der Waals surface area contributed by atoms with E-state index in [9.17, 15) is 14.4 Å². The summed E-state index contributed by atoms with van der Waals surface area (Å²) in [5.74, 6) is -0.156. The highest BCUT2D eigenvalue weighted by Crippen LogP contribution is 2.26. The predicted octanol–water partition coefficient (Wildman–Crippen LogP) is 1.80. The molecule has 0 saturated heterocycles. The Morgan fingerprint density at radius 2 is 1.92 bits per heavy atom. The summed E-state index contributed by atoms with van der Waals surface area (Å²) in [5.41, 5.74) is 0.961. The van der Waals surface area contributed by atoms with Crippen molar-refractivity contribution in [2.24, 2.45) is 5.92 Å². The van der Waals surface area contributed by atoms with Crippen LogP contribution in [0.3, 0.4) is 0 Å². The van der Waals surface area contributed by atoms with Crippen LogP contribution in [0.2, 0.25) is 0 Å². The largest absolute Gasteiger partial charge is 0.352 e. The van der Waals surface area contributed by atoms with Crippen molar-refractivity contribution in [1.82, 2.24) is 10.2 Å². The van der Waals surface area contributed by atoms with E-state index in [2.05, 4.69) is 12.2 Å². The molecule has 1 aromatic carbocycles. The first-order valence-corrected chi connectivity index (χ1v) is 8.91. The summed E-state index contributed by atoms with van der Waals surface area (Å²) < 4.78 is 0. The number of nitrogens with one attached hydrogen (secondary N) is 1. The Kier molecular flexibility index (Phi) is 5.06. The lowest BCUT2D eigenvalue weighted by Crippen LogP contribution is -2.48. The minimum Gasteiger partial charge on any atom is -0.352 e. The molecule has 1 fully saturated rings. The zero-order chi connectivity index (χ0) is 18.0. The Morgan fingerprint density at radius 3 is 2.68 bits per heavy atom. The second kappa shape index (κ2) is 7.25. The number of amides is 3. The van der Waals surface area contributed by atoms with E-state index in [1.165, 1.54) is 16.2 Å². The van der Waals surface area contributed by atoms with E-state index in [-0.39, 0.29) is 36.9 Å². The summed E-state index contributed by atoms with van der Waals surface area (Å²) in [6.45, 7) is 2.07. The summed E-state index contributed by atoms with van der Waals surface area (Å²) >= 11 is 0. The molecule has 0 bridgehead atoms. The van der Waals surface area contributed by atoms with Crippen LogP contribution in [-0.4, -0.2) is 48.8 Å². The molecule has 0 spiro atoms. The molecule has 6 nitrogen and oxygen atoms in total. The van der Waals surface area contributed by atoms with Crippen LogP contribution >= 0.6 is 0 Å². The minimum absolute atomic E-state index is 0.0272. The summed E-state index contributed by atoms with van der Waals surface area (Å²) in [6, 6.07) is 7.13. The number of fused-ring (bicyclic) bond motifs is 1. The Labute approximate surface area is 148 Å². The first-order chi connectivity index (χ1) is 12.0. The van der Waals surface area contributed by atoms with Gasteiger partial charge in [0, 0.05) is 13.1 Å². The second-order valence-electron chi connectivity index (χ2n) is 7.09. The Bertz CT molecular complexity index is 688. The van der Waals surface area contributed by atoms with E-state index >= 15 is 0 Å². The van der Waals surface area contributed by atoms with Crippen LogP contribution in [0, 0.1) is 5.92 Å². The average Bonchev–Trinajstić information content (AvgIpc) is 2.68. The summed E-state index contributed by atoms with van der Waals surface area (Å²) in [5, 5.41) is 3.08. The number of carbonyl (C=O) groups excluding carboxylic acids is 3. The van der Waals surface area contributed by atoms with E-state index in [0.29, 0.717) is 17.2 Å². The van der Waals surface area contributed by atoms with Crippen LogP contribution in [-0.2, 0) is 9.59 Å². The maximum absolute atomic E-state index is 12.6. The smallest absolute Gasteiger partial charge is 0.256 e.